The third-order valence-electron chi connectivity index (χ3n) is 3.35. The Balaban J connectivity index is 1.81. The van der Waals surface area contributed by atoms with Crippen LogP contribution in [0.2, 0.25) is 0 Å². The number of Topliss-reactive ketones (excluding diaryl/α,β-unsaturated/α-hetero) is 1. The van der Waals surface area contributed by atoms with Crippen LogP contribution in [0.15, 0.2) is 47.4 Å². The molecule has 2 aromatic carbocycles. The minimum atomic E-state index is -1.04. The number of carbonyl (C=O) groups excluding carboxylic acids is 3. The van der Waals surface area contributed by atoms with Crippen molar-refractivity contribution in [3.8, 4) is 0 Å². The van der Waals surface area contributed by atoms with Crippen molar-refractivity contribution < 1.29 is 27.9 Å². The summed E-state index contributed by atoms with van der Waals surface area (Å²) in [4.78, 5) is 36.3. The molecule has 0 aliphatic heterocycles. The lowest BCUT2D eigenvalue weighted by atomic mass is 10.1. The molecule has 5 nitrogen and oxygen atoms in total. The highest BCUT2D eigenvalue weighted by Crippen LogP contribution is 2.15. The van der Waals surface area contributed by atoms with Crippen molar-refractivity contribution in [1.29, 1.82) is 0 Å². The number of ether oxygens (including phenoxy) is 1. The number of hydrogen-bond donors (Lipinski definition) is 1. The second kappa shape index (κ2) is 9.10. The molecule has 0 saturated carbocycles. The van der Waals surface area contributed by atoms with Crippen LogP contribution in [0.25, 0.3) is 0 Å². The first-order valence-electron chi connectivity index (χ1n) is 7.47. The molecule has 0 fully saturated rings. The van der Waals surface area contributed by atoms with E-state index in [1.54, 1.807) is 24.3 Å². The van der Waals surface area contributed by atoms with Gasteiger partial charge in [0.1, 0.15) is 18.2 Å². The summed E-state index contributed by atoms with van der Waals surface area (Å²) in [6.07, 6.45) is 1.91. The highest BCUT2D eigenvalue weighted by atomic mass is 32.2. The van der Waals surface area contributed by atoms with Crippen molar-refractivity contribution in [2.24, 2.45) is 0 Å². The predicted molar refractivity (Wildman–Crippen MR) is 92.2 cm³/mol. The van der Waals surface area contributed by atoms with Gasteiger partial charge >= 0.3 is 5.97 Å². The van der Waals surface area contributed by atoms with Crippen LogP contribution in [-0.4, -0.2) is 37.1 Å². The lowest BCUT2D eigenvalue weighted by Gasteiger charge is -2.07. The molecule has 0 spiro atoms. The summed E-state index contributed by atoms with van der Waals surface area (Å²) in [6.45, 7) is -1.02. The second-order valence-electron chi connectivity index (χ2n) is 5.12. The van der Waals surface area contributed by atoms with Crippen LogP contribution in [0.1, 0.15) is 20.7 Å². The standard InChI is InChI=1S/C18H15F2NO4S/c1-26-13-5-2-11(3-6-13)16(22)10-25-17(23)9-21-18(24)14-7-4-12(19)8-15(14)20/h2-8H,9-10H2,1H3,(H,21,24). The number of nitrogens with one attached hydrogen (secondary N) is 1. The molecular formula is C18H15F2NO4S. The summed E-state index contributed by atoms with van der Waals surface area (Å²) in [5, 5.41) is 2.15. The average Bonchev–Trinajstić information content (AvgIpc) is 2.64. The third kappa shape index (κ3) is 5.38. The number of amides is 1. The van der Waals surface area contributed by atoms with Crippen molar-refractivity contribution in [2.75, 3.05) is 19.4 Å². The fourth-order valence-corrected chi connectivity index (χ4v) is 2.39. The molecule has 2 rings (SSSR count). The molecule has 2 aromatic rings. The van der Waals surface area contributed by atoms with E-state index in [0.717, 1.165) is 17.0 Å². The highest BCUT2D eigenvalue weighted by molar-refractivity contribution is 7.98. The predicted octanol–water partition coefficient (Wildman–Crippen LogP) is 2.84. The maximum atomic E-state index is 13.5. The topological polar surface area (TPSA) is 72.5 Å². The quantitative estimate of drug-likeness (QED) is 0.455. The molecule has 0 unspecified atom stereocenters. The van der Waals surface area contributed by atoms with E-state index < -0.39 is 42.2 Å². The molecule has 0 bridgehead atoms. The fraction of sp³-hybridized carbons (Fsp3) is 0.167. The van der Waals surface area contributed by atoms with Crippen LogP contribution in [0.4, 0.5) is 8.78 Å². The first-order valence-corrected chi connectivity index (χ1v) is 8.69. The molecule has 0 heterocycles. The summed E-state index contributed by atoms with van der Waals surface area (Å²) >= 11 is 1.53. The van der Waals surface area contributed by atoms with Crippen LogP contribution in [0.5, 0.6) is 0 Å². The molecule has 1 N–H and O–H groups in total. The smallest absolute Gasteiger partial charge is 0.325 e. The number of rotatable bonds is 7. The molecule has 0 radical (unpaired) electrons. The number of thioether (sulfide) groups is 1. The lowest BCUT2D eigenvalue weighted by molar-refractivity contribution is -0.141. The Morgan fingerprint density at radius 2 is 1.77 bits per heavy atom. The minimum Gasteiger partial charge on any atom is -0.456 e. The Hall–Kier alpha value is -2.74. The molecular weight excluding hydrogens is 364 g/mol. The van der Waals surface area contributed by atoms with Crippen molar-refractivity contribution >= 4 is 29.4 Å². The Morgan fingerprint density at radius 3 is 2.38 bits per heavy atom. The summed E-state index contributed by atoms with van der Waals surface area (Å²) in [7, 11) is 0. The van der Waals surface area contributed by atoms with E-state index in [2.05, 4.69) is 5.32 Å². The first kappa shape index (κ1) is 19.6. The Labute approximate surface area is 152 Å². The maximum absolute atomic E-state index is 13.5. The zero-order valence-corrected chi connectivity index (χ0v) is 14.6. The van der Waals surface area contributed by atoms with Crippen LogP contribution in [-0.2, 0) is 9.53 Å². The van der Waals surface area contributed by atoms with Gasteiger partial charge in [-0.15, -0.1) is 11.8 Å². The van der Waals surface area contributed by atoms with Crippen LogP contribution in [0.3, 0.4) is 0 Å². The number of halogens is 2. The second-order valence-corrected chi connectivity index (χ2v) is 6.00. The van der Waals surface area contributed by atoms with E-state index in [1.165, 1.54) is 11.8 Å². The zero-order valence-electron chi connectivity index (χ0n) is 13.8. The van der Waals surface area contributed by atoms with Crippen molar-refractivity contribution in [3.63, 3.8) is 0 Å². The van der Waals surface area contributed by atoms with Crippen LogP contribution >= 0.6 is 11.8 Å². The number of carbonyl (C=O) groups is 3. The molecule has 0 atom stereocenters. The van der Waals surface area contributed by atoms with Crippen LogP contribution in [0, 0.1) is 11.6 Å². The van der Waals surface area contributed by atoms with E-state index >= 15 is 0 Å². The average molecular weight is 379 g/mol. The number of benzene rings is 2. The van der Waals surface area contributed by atoms with Gasteiger partial charge in [0, 0.05) is 16.5 Å². The Morgan fingerprint density at radius 1 is 1.08 bits per heavy atom. The van der Waals surface area contributed by atoms with Gasteiger partial charge in [0.25, 0.3) is 5.91 Å². The summed E-state index contributed by atoms with van der Waals surface area (Å²) in [5.41, 5.74) is -0.00261. The van der Waals surface area contributed by atoms with Gasteiger partial charge in [-0.1, -0.05) is 12.1 Å². The van der Waals surface area contributed by atoms with Crippen molar-refractivity contribution in [1.82, 2.24) is 5.32 Å². The lowest BCUT2D eigenvalue weighted by Crippen LogP contribution is -2.32. The maximum Gasteiger partial charge on any atom is 0.325 e. The number of esters is 1. The molecule has 26 heavy (non-hydrogen) atoms. The first-order chi connectivity index (χ1) is 12.4. The van der Waals surface area contributed by atoms with Crippen molar-refractivity contribution in [2.45, 2.75) is 4.90 Å². The molecule has 8 heteroatoms. The largest absolute Gasteiger partial charge is 0.456 e. The van der Waals surface area contributed by atoms with Gasteiger partial charge in [0.15, 0.2) is 12.4 Å². The molecule has 0 aromatic heterocycles. The van der Waals surface area contributed by atoms with E-state index in [0.29, 0.717) is 11.6 Å². The van der Waals surface area contributed by atoms with Gasteiger partial charge in [-0.05, 0) is 30.5 Å². The van der Waals surface area contributed by atoms with Gasteiger partial charge in [0.2, 0.25) is 0 Å². The number of ketones is 1. The van der Waals surface area contributed by atoms with Crippen LogP contribution < -0.4 is 5.32 Å². The zero-order chi connectivity index (χ0) is 19.1. The van der Waals surface area contributed by atoms with Gasteiger partial charge in [-0.25, -0.2) is 8.78 Å². The molecule has 0 aliphatic carbocycles. The van der Waals surface area contributed by atoms with E-state index in [9.17, 15) is 23.2 Å². The van der Waals surface area contributed by atoms with E-state index in [4.69, 9.17) is 4.74 Å². The third-order valence-corrected chi connectivity index (χ3v) is 4.09. The fourth-order valence-electron chi connectivity index (χ4n) is 1.98. The van der Waals surface area contributed by atoms with Crippen molar-refractivity contribution in [3.05, 3.63) is 65.2 Å². The SMILES string of the molecule is CSc1ccc(C(=O)COC(=O)CNC(=O)c2ccc(F)cc2F)cc1. The highest BCUT2D eigenvalue weighted by Gasteiger charge is 2.15. The normalized spacial score (nSPS) is 10.3. The Kier molecular flexibility index (Phi) is 6.85. The van der Waals surface area contributed by atoms with Gasteiger partial charge < -0.3 is 10.1 Å². The van der Waals surface area contributed by atoms with Gasteiger partial charge in [-0.2, -0.15) is 0 Å². The Bertz CT molecular complexity index is 824. The number of hydrogen-bond acceptors (Lipinski definition) is 5. The summed E-state index contributed by atoms with van der Waals surface area (Å²) in [6, 6.07) is 9.26. The molecule has 0 aliphatic rings. The van der Waals surface area contributed by atoms with Gasteiger partial charge in [-0.3, -0.25) is 14.4 Å². The summed E-state index contributed by atoms with van der Waals surface area (Å²) in [5.74, 6) is -3.99. The minimum absolute atomic E-state index is 0.387. The van der Waals surface area contributed by atoms with E-state index in [1.807, 2.05) is 6.26 Å². The molecule has 136 valence electrons. The summed E-state index contributed by atoms with van der Waals surface area (Å²) < 4.78 is 31.1. The van der Waals surface area contributed by atoms with Gasteiger partial charge in [0.05, 0.1) is 5.56 Å². The monoisotopic (exact) mass is 379 g/mol. The molecule has 0 saturated heterocycles. The molecule has 1 amide bonds. The van der Waals surface area contributed by atoms with E-state index in [-0.39, 0.29) is 5.78 Å².